The number of rotatable bonds is 4. The van der Waals surface area contributed by atoms with Gasteiger partial charge < -0.3 is 9.51 Å². The first kappa shape index (κ1) is 16.8. The minimum Gasteiger partial charge on any atom is -0.360 e. The van der Waals surface area contributed by atoms with Crippen LogP contribution in [-0.4, -0.2) is 25.5 Å². The third-order valence-electron chi connectivity index (χ3n) is 4.61. The van der Waals surface area contributed by atoms with Crippen molar-refractivity contribution < 1.29 is 9.32 Å². The summed E-state index contributed by atoms with van der Waals surface area (Å²) in [4.78, 5) is 20.6. The topological polar surface area (TPSA) is 100 Å². The molecule has 7 heteroatoms. The number of aromatic nitrogens is 4. The summed E-state index contributed by atoms with van der Waals surface area (Å²) in [5.41, 5.74) is 3.54. The maximum absolute atomic E-state index is 13.1. The number of para-hydroxylation sites is 2. The molecule has 3 aromatic heterocycles. The van der Waals surface area contributed by atoms with Crippen molar-refractivity contribution in [3.63, 3.8) is 0 Å². The first-order valence-electron chi connectivity index (χ1n) is 8.50. The fraction of sp³-hybridized carbons (Fsp3) is 0.200. The largest absolute Gasteiger partial charge is 0.360 e. The monoisotopic (exact) mass is 359 g/mol. The summed E-state index contributed by atoms with van der Waals surface area (Å²) in [6.45, 7) is 5.53. The second kappa shape index (κ2) is 6.25. The number of nitrogens with one attached hydrogen (secondary N) is 1. The van der Waals surface area contributed by atoms with Gasteiger partial charge in [-0.1, -0.05) is 17.3 Å². The zero-order valence-electron chi connectivity index (χ0n) is 15.1. The van der Waals surface area contributed by atoms with Crippen molar-refractivity contribution >= 4 is 16.8 Å². The number of Topliss-reactive ketones (excluding diaryl/α,β-unsaturated/α-hetero) is 1. The summed E-state index contributed by atoms with van der Waals surface area (Å²) in [6, 6.07) is 13.1. The van der Waals surface area contributed by atoms with Crippen LogP contribution in [0, 0.1) is 32.1 Å². The summed E-state index contributed by atoms with van der Waals surface area (Å²) in [5, 5.41) is 13.7. The highest BCUT2D eigenvalue weighted by Crippen LogP contribution is 2.26. The molecule has 0 radical (unpaired) electrons. The lowest BCUT2D eigenvalue weighted by Gasteiger charge is -2.07. The Morgan fingerprint density at radius 1 is 1.26 bits per heavy atom. The predicted octanol–water partition coefficient (Wildman–Crippen LogP) is 3.76. The highest BCUT2D eigenvalue weighted by molar-refractivity contribution is 6.03. The van der Waals surface area contributed by atoms with Crippen molar-refractivity contribution in [3.8, 4) is 11.9 Å². The van der Waals surface area contributed by atoms with E-state index < -0.39 is 5.92 Å². The van der Waals surface area contributed by atoms with Crippen LogP contribution in [0.2, 0.25) is 0 Å². The maximum Gasteiger partial charge on any atom is 0.189 e. The molecule has 7 nitrogen and oxygen atoms in total. The van der Waals surface area contributed by atoms with Crippen LogP contribution in [0.1, 0.15) is 39.2 Å². The van der Waals surface area contributed by atoms with E-state index in [0.29, 0.717) is 28.7 Å². The number of fused-ring (bicyclic) bond motifs is 1. The average Bonchev–Trinajstić information content (AvgIpc) is 3.32. The second-order valence-electron chi connectivity index (χ2n) is 6.48. The molecule has 0 fully saturated rings. The molecule has 3 heterocycles. The summed E-state index contributed by atoms with van der Waals surface area (Å²) < 4.78 is 6.99. The number of carbonyl (C=O) groups is 1. The SMILES string of the molecule is Cc1cc(-n2c(C)cc(C(=O)C(C#N)c3nc4ccccc4[nH]3)c2C)no1. The second-order valence-corrected chi connectivity index (χ2v) is 6.48. The fourth-order valence-electron chi connectivity index (χ4n) is 3.33. The molecule has 1 aromatic carbocycles. The van der Waals surface area contributed by atoms with Gasteiger partial charge in [-0.25, -0.2) is 4.98 Å². The number of hydrogen-bond donors (Lipinski definition) is 1. The number of ketones is 1. The smallest absolute Gasteiger partial charge is 0.189 e. The number of nitriles is 1. The Morgan fingerprint density at radius 3 is 2.70 bits per heavy atom. The molecule has 0 spiro atoms. The number of nitrogens with zero attached hydrogens (tertiary/aromatic N) is 4. The van der Waals surface area contributed by atoms with Gasteiger partial charge in [0.2, 0.25) is 0 Å². The molecule has 0 bridgehead atoms. The first-order chi connectivity index (χ1) is 13.0. The zero-order chi connectivity index (χ0) is 19.1. The average molecular weight is 359 g/mol. The number of aryl methyl sites for hydroxylation is 2. The van der Waals surface area contributed by atoms with Gasteiger partial charge in [-0.2, -0.15) is 5.26 Å². The van der Waals surface area contributed by atoms with Crippen LogP contribution in [0.15, 0.2) is 40.9 Å². The molecule has 0 saturated carbocycles. The van der Waals surface area contributed by atoms with Crippen LogP contribution in [0.5, 0.6) is 0 Å². The molecule has 134 valence electrons. The standard InChI is InChI=1S/C20H17N5O2/c1-11-8-14(13(3)25(11)18-9-12(2)27-24-18)19(26)15(10-21)20-22-16-6-4-5-7-17(16)23-20/h4-9,15H,1-3H3,(H,22,23). The van der Waals surface area contributed by atoms with E-state index in [1.165, 1.54) is 0 Å². The van der Waals surface area contributed by atoms with Gasteiger partial charge in [-0.15, -0.1) is 0 Å². The van der Waals surface area contributed by atoms with Gasteiger partial charge in [0.25, 0.3) is 0 Å². The molecule has 1 unspecified atom stereocenters. The molecule has 0 aliphatic carbocycles. The minimum absolute atomic E-state index is 0.295. The maximum atomic E-state index is 13.1. The van der Waals surface area contributed by atoms with Crippen molar-refractivity contribution in [2.45, 2.75) is 26.7 Å². The van der Waals surface area contributed by atoms with Crippen LogP contribution < -0.4 is 0 Å². The lowest BCUT2D eigenvalue weighted by Crippen LogP contribution is -2.14. The van der Waals surface area contributed by atoms with E-state index in [-0.39, 0.29) is 5.78 Å². The van der Waals surface area contributed by atoms with Crippen molar-refractivity contribution in [1.82, 2.24) is 19.7 Å². The molecule has 4 aromatic rings. The molecule has 0 aliphatic rings. The summed E-state index contributed by atoms with van der Waals surface area (Å²) in [7, 11) is 0. The Bertz CT molecular complexity index is 1170. The van der Waals surface area contributed by atoms with E-state index in [4.69, 9.17) is 4.52 Å². The quantitative estimate of drug-likeness (QED) is 0.559. The summed E-state index contributed by atoms with van der Waals surface area (Å²) >= 11 is 0. The molecule has 4 rings (SSSR count). The Hall–Kier alpha value is -3.66. The molecule has 1 atom stereocenters. The first-order valence-corrected chi connectivity index (χ1v) is 8.50. The van der Waals surface area contributed by atoms with E-state index in [9.17, 15) is 10.1 Å². The van der Waals surface area contributed by atoms with E-state index in [1.807, 2.05) is 49.6 Å². The molecular weight excluding hydrogens is 342 g/mol. The van der Waals surface area contributed by atoms with E-state index in [1.54, 1.807) is 12.1 Å². The van der Waals surface area contributed by atoms with Crippen LogP contribution in [0.3, 0.4) is 0 Å². The van der Waals surface area contributed by atoms with Crippen LogP contribution in [0.4, 0.5) is 0 Å². The lowest BCUT2D eigenvalue weighted by atomic mass is 9.98. The van der Waals surface area contributed by atoms with Crippen molar-refractivity contribution in [1.29, 1.82) is 5.26 Å². The normalized spacial score (nSPS) is 12.2. The Morgan fingerprint density at radius 2 is 2.04 bits per heavy atom. The van der Waals surface area contributed by atoms with Crippen LogP contribution in [0.25, 0.3) is 16.9 Å². The fourth-order valence-corrected chi connectivity index (χ4v) is 3.33. The number of carbonyl (C=O) groups excluding carboxylic acids is 1. The van der Waals surface area contributed by atoms with Crippen LogP contribution in [-0.2, 0) is 0 Å². The van der Waals surface area contributed by atoms with Crippen molar-refractivity contribution in [2.75, 3.05) is 0 Å². The highest BCUT2D eigenvalue weighted by Gasteiger charge is 2.28. The zero-order valence-corrected chi connectivity index (χ0v) is 15.1. The van der Waals surface area contributed by atoms with E-state index in [2.05, 4.69) is 21.2 Å². The molecule has 1 N–H and O–H groups in total. The van der Waals surface area contributed by atoms with Crippen molar-refractivity contribution in [3.05, 3.63) is 64.9 Å². The molecule has 0 saturated heterocycles. The number of aromatic amines is 1. The molecule has 27 heavy (non-hydrogen) atoms. The van der Waals surface area contributed by atoms with E-state index >= 15 is 0 Å². The Balaban J connectivity index is 1.76. The molecule has 0 amide bonds. The van der Waals surface area contributed by atoms with Gasteiger partial charge in [0.1, 0.15) is 11.6 Å². The third-order valence-corrected chi connectivity index (χ3v) is 4.61. The van der Waals surface area contributed by atoms with Gasteiger partial charge in [0, 0.05) is 23.0 Å². The van der Waals surface area contributed by atoms with E-state index in [0.717, 1.165) is 16.7 Å². The predicted molar refractivity (Wildman–Crippen MR) is 98.8 cm³/mol. The van der Waals surface area contributed by atoms with Crippen LogP contribution >= 0.6 is 0 Å². The van der Waals surface area contributed by atoms with Gasteiger partial charge >= 0.3 is 0 Å². The molecular formula is C20H17N5O2. The third kappa shape index (κ3) is 2.72. The lowest BCUT2D eigenvalue weighted by molar-refractivity contribution is 0.0976. The van der Waals surface area contributed by atoms with Gasteiger partial charge in [0.05, 0.1) is 17.1 Å². The van der Waals surface area contributed by atoms with Gasteiger partial charge in [0.15, 0.2) is 17.5 Å². The minimum atomic E-state index is -1.01. The van der Waals surface area contributed by atoms with Gasteiger partial charge in [-0.3, -0.25) is 9.36 Å². The van der Waals surface area contributed by atoms with Crippen molar-refractivity contribution in [2.24, 2.45) is 0 Å². The molecule has 0 aliphatic heterocycles. The summed E-state index contributed by atoms with van der Waals surface area (Å²) in [6.07, 6.45) is 0. The number of hydrogen-bond acceptors (Lipinski definition) is 5. The number of H-pyrrole nitrogens is 1. The highest BCUT2D eigenvalue weighted by atomic mass is 16.5. The summed E-state index contributed by atoms with van der Waals surface area (Å²) in [5.74, 6) is 0.341. The van der Waals surface area contributed by atoms with Gasteiger partial charge in [-0.05, 0) is 39.0 Å². The Kier molecular flexibility index (Phi) is 3.89. The number of imidazole rings is 1. The number of benzene rings is 1. The Labute approximate surface area is 155 Å².